The highest BCUT2D eigenvalue weighted by atomic mass is 35.5. The van der Waals surface area contributed by atoms with Gasteiger partial charge in [0.05, 0.1) is 11.6 Å². The van der Waals surface area contributed by atoms with E-state index < -0.39 is 15.9 Å². The molecule has 0 saturated heterocycles. The van der Waals surface area contributed by atoms with Crippen molar-refractivity contribution in [3.63, 3.8) is 0 Å². The molecule has 29 heavy (non-hydrogen) atoms. The van der Waals surface area contributed by atoms with Crippen LogP contribution in [-0.2, 0) is 21.4 Å². The summed E-state index contributed by atoms with van der Waals surface area (Å²) in [5.74, 6) is -0.917. The van der Waals surface area contributed by atoms with Crippen LogP contribution in [0.4, 0.5) is 0 Å². The molecule has 0 atom stereocenters. The SMILES string of the molecule is CCN(CC)S(=O)(=O)c1cc(C(=O)NCC(=O)NCc2ccccc2)ccc1Cl. The first-order valence-electron chi connectivity index (χ1n) is 9.18. The summed E-state index contributed by atoms with van der Waals surface area (Å²) < 4.78 is 26.7. The highest BCUT2D eigenvalue weighted by Crippen LogP contribution is 2.25. The van der Waals surface area contributed by atoms with E-state index in [1.807, 2.05) is 30.3 Å². The second-order valence-corrected chi connectivity index (χ2v) is 8.49. The quantitative estimate of drug-likeness (QED) is 0.629. The third-order valence-electron chi connectivity index (χ3n) is 4.26. The Bertz CT molecular complexity index is 961. The maximum Gasteiger partial charge on any atom is 0.251 e. The van der Waals surface area contributed by atoms with E-state index in [0.717, 1.165) is 5.56 Å². The predicted molar refractivity (Wildman–Crippen MR) is 112 cm³/mol. The minimum absolute atomic E-state index is 0.0362. The third kappa shape index (κ3) is 6.03. The fourth-order valence-corrected chi connectivity index (χ4v) is 4.62. The molecule has 2 rings (SSSR count). The first kappa shape index (κ1) is 22.9. The molecule has 0 aliphatic rings. The van der Waals surface area contributed by atoms with E-state index in [1.165, 1.54) is 22.5 Å². The predicted octanol–water partition coefficient (Wildman–Crippen LogP) is 2.42. The number of carbonyl (C=O) groups is 2. The fraction of sp³-hybridized carbons (Fsp3) is 0.300. The molecular formula is C20H24ClN3O4S. The average molecular weight is 438 g/mol. The summed E-state index contributed by atoms with van der Waals surface area (Å²) in [6.45, 7) is 4.13. The van der Waals surface area contributed by atoms with Crippen molar-refractivity contribution in [3.05, 3.63) is 64.7 Å². The molecule has 0 aliphatic carbocycles. The molecule has 0 aliphatic heterocycles. The number of nitrogens with zero attached hydrogens (tertiary/aromatic N) is 1. The van der Waals surface area contributed by atoms with E-state index in [9.17, 15) is 18.0 Å². The molecule has 7 nitrogen and oxygen atoms in total. The summed E-state index contributed by atoms with van der Waals surface area (Å²) in [5, 5.41) is 5.23. The molecule has 0 saturated carbocycles. The van der Waals surface area contributed by atoms with Crippen LogP contribution >= 0.6 is 11.6 Å². The Balaban J connectivity index is 2.03. The lowest BCUT2D eigenvalue weighted by molar-refractivity contribution is -0.120. The number of hydrogen-bond acceptors (Lipinski definition) is 4. The summed E-state index contributed by atoms with van der Waals surface area (Å²) in [5.41, 5.74) is 1.05. The number of nitrogens with one attached hydrogen (secondary N) is 2. The van der Waals surface area contributed by atoms with E-state index in [-0.39, 0.29) is 41.0 Å². The van der Waals surface area contributed by atoms with E-state index in [2.05, 4.69) is 10.6 Å². The van der Waals surface area contributed by atoms with Crippen LogP contribution < -0.4 is 10.6 Å². The normalized spacial score (nSPS) is 11.3. The van der Waals surface area contributed by atoms with Gasteiger partial charge in [-0.05, 0) is 23.8 Å². The van der Waals surface area contributed by atoms with Gasteiger partial charge in [0.25, 0.3) is 5.91 Å². The lowest BCUT2D eigenvalue weighted by Crippen LogP contribution is -2.36. The molecule has 0 spiro atoms. The summed E-state index contributed by atoms with van der Waals surface area (Å²) in [4.78, 5) is 24.2. The van der Waals surface area contributed by atoms with Crippen LogP contribution in [0.3, 0.4) is 0 Å². The topological polar surface area (TPSA) is 95.6 Å². The molecule has 2 N–H and O–H groups in total. The minimum atomic E-state index is -3.82. The van der Waals surface area contributed by atoms with Crippen LogP contribution in [-0.4, -0.2) is 44.2 Å². The molecule has 0 unspecified atom stereocenters. The van der Waals surface area contributed by atoms with Gasteiger partial charge in [0.2, 0.25) is 15.9 Å². The van der Waals surface area contributed by atoms with Gasteiger partial charge in [0.15, 0.2) is 0 Å². The van der Waals surface area contributed by atoms with Gasteiger partial charge in [-0.25, -0.2) is 8.42 Å². The van der Waals surface area contributed by atoms with Gasteiger partial charge in [0.1, 0.15) is 4.90 Å². The summed E-state index contributed by atoms with van der Waals surface area (Å²) >= 11 is 6.07. The average Bonchev–Trinajstić information content (AvgIpc) is 2.72. The van der Waals surface area contributed by atoms with Crippen molar-refractivity contribution in [2.75, 3.05) is 19.6 Å². The number of carbonyl (C=O) groups excluding carboxylic acids is 2. The lowest BCUT2D eigenvalue weighted by Gasteiger charge is -2.19. The van der Waals surface area contributed by atoms with Crippen LogP contribution in [0.2, 0.25) is 5.02 Å². The van der Waals surface area contributed by atoms with Crippen LogP contribution in [0.15, 0.2) is 53.4 Å². The van der Waals surface area contributed by atoms with E-state index in [4.69, 9.17) is 11.6 Å². The van der Waals surface area contributed by atoms with Crippen LogP contribution in [0.1, 0.15) is 29.8 Å². The second kappa shape index (κ2) is 10.4. The number of benzene rings is 2. The monoisotopic (exact) mass is 437 g/mol. The highest BCUT2D eigenvalue weighted by Gasteiger charge is 2.25. The first-order valence-corrected chi connectivity index (χ1v) is 11.0. The molecule has 2 aromatic rings. The standard InChI is InChI=1S/C20H24ClN3O4S/c1-3-24(4-2)29(27,28)18-12-16(10-11-17(18)21)20(26)23-14-19(25)22-13-15-8-6-5-7-9-15/h5-12H,3-4,13-14H2,1-2H3,(H,22,25)(H,23,26). The summed E-state index contributed by atoms with van der Waals surface area (Å²) in [7, 11) is -3.82. The van der Waals surface area contributed by atoms with Crippen molar-refractivity contribution >= 4 is 33.4 Å². The minimum Gasteiger partial charge on any atom is -0.350 e. The van der Waals surface area contributed by atoms with Gasteiger partial charge < -0.3 is 10.6 Å². The lowest BCUT2D eigenvalue weighted by atomic mass is 10.2. The van der Waals surface area contributed by atoms with Crippen molar-refractivity contribution in [2.24, 2.45) is 0 Å². The van der Waals surface area contributed by atoms with Crippen LogP contribution in [0.5, 0.6) is 0 Å². The zero-order chi connectivity index (χ0) is 21.4. The number of sulfonamides is 1. The fourth-order valence-electron chi connectivity index (χ4n) is 2.67. The van der Waals surface area contributed by atoms with Gasteiger partial charge in [0, 0.05) is 25.2 Å². The number of halogens is 1. The van der Waals surface area contributed by atoms with Crippen molar-refractivity contribution in [1.82, 2.24) is 14.9 Å². The zero-order valence-corrected chi connectivity index (χ0v) is 17.9. The summed E-state index contributed by atoms with van der Waals surface area (Å²) in [6, 6.07) is 13.4. The largest absolute Gasteiger partial charge is 0.350 e. The Morgan fingerprint density at radius 1 is 1.00 bits per heavy atom. The molecule has 0 fully saturated rings. The molecule has 0 bridgehead atoms. The molecular weight excluding hydrogens is 414 g/mol. The van der Waals surface area contributed by atoms with Gasteiger partial charge in [-0.15, -0.1) is 0 Å². The Hall–Kier alpha value is -2.42. The molecule has 156 valence electrons. The van der Waals surface area contributed by atoms with Gasteiger partial charge in [-0.3, -0.25) is 9.59 Å². The molecule has 0 aromatic heterocycles. The molecule has 2 aromatic carbocycles. The second-order valence-electron chi connectivity index (χ2n) is 6.18. The van der Waals surface area contributed by atoms with Gasteiger partial charge in [-0.2, -0.15) is 4.31 Å². The molecule has 0 heterocycles. The Kier molecular flexibility index (Phi) is 8.19. The van der Waals surface area contributed by atoms with Gasteiger partial charge >= 0.3 is 0 Å². The Morgan fingerprint density at radius 2 is 1.66 bits per heavy atom. The van der Waals surface area contributed by atoms with Crippen LogP contribution in [0.25, 0.3) is 0 Å². The van der Waals surface area contributed by atoms with Crippen molar-refractivity contribution in [2.45, 2.75) is 25.3 Å². The van der Waals surface area contributed by atoms with Crippen molar-refractivity contribution < 1.29 is 18.0 Å². The van der Waals surface area contributed by atoms with Crippen molar-refractivity contribution in [3.8, 4) is 0 Å². The van der Waals surface area contributed by atoms with E-state index in [1.54, 1.807) is 13.8 Å². The molecule has 9 heteroatoms. The maximum absolute atomic E-state index is 12.7. The first-order chi connectivity index (χ1) is 13.8. The maximum atomic E-state index is 12.7. The van der Waals surface area contributed by atoms with E-state index in [0.29, 0.717) is 6.54 Å². The number of rotatable bonds is 9. The third-order valence-corrected chi connectivity index (χ3v) is 6.79. The van der Waals surface area contributed by atoms with Gasteiger partial charge in [-0.1, -0.05) is 55.8 Å². The van der Waals surface area contributed by atoms with Crippen LogP contribution in [0, 0.1) is 0 Å². The zero-order valence-electron chi connectivity index (χ0n) is 16.3. The molecule has 0 radical (unpaired) electrons. The Morgan fingerprint density at radius 3 is 2.28 bits per heavy atom. The Labute approximate surface area is 176 Å². The highest BCUT2D eigenvalue weighted by molar-refractivity contribution is 7.89. The smallest absolute Gasteiger partial charge is 0.251 e. The van der Waals surface area contributed by atoms with E-state index >= 15 is 0 Å². The number of hydrogen-bond donors (Lipinski definition) is 2. The van der Waals surface area contributed by atoms with Crippen molar-refractivity contribution in [1.29, 1.82) is 0 Å². The number of amides is 2. The summed E-state index contributed by atoms with van der Waals surface area (Å²) in [6.07, 6.45) is 0. The molecule has 2 amide bonds.